The third-order valence-corrected chi connectivity index (χ3v) is 7.07. The fourth-order valence-electron chi connectivity index (χ4n) is 4.71. The van der Waals surface area contributed by atoms with Crippen LogP contribution in [-0.4, -0.2) is 52.8 Å². The number of benzene rings is 1. The van der Waals surface area contributed by atoms with Crippen molar-refractivity contribution in [2.75, 3.05) is 26.2 Å². The molecule has 2 aliphatic heterocycles. The second-order valence-electron chi connectivity index (χ2n) is 8.84. The largest absolute Gasteiger partial charge is 0.351 e. The molecule has 2 fully saturated rings. The summed E-state index contributed by atoms with van der Waals surface area (Å²) in [5, 5.41) is 1.61. The highest BCUT2D eigenvalue weighted by molar-refractivity contribution is 6.31. The van der Waals surface area contributed by atoms with E-state index in [1.165, 1.54) is 0 Å². The first-order chi connectivity index (χ1) is 13.9. The summed E-state index contributed by atoms with van der Waals surface area (Å²) >= 11 is 6.05. The molecule has 1 aromatic heterocycles. The molecule has 1 unspecified atom stereocenters. The molecular weight excluding hydrogens is 386 g/mol. The van der Waals surface area contributed by atoms with E-state index in [4.69, 9.17) is 11.6 Å². The number of nitrogens with zero attached hydrogens (tertiary/aromatic N) is 2. The van der Waals surface area contributed by atoms with E-state index in [0.29, 0.717) is 35.6 Å². The number of rotatable bonds is 3. The summed E-state index contributed by atoms with van der Waals surface area (Å²) in [7, 11) is 0. The summed E-state index contributed by atoms with van der Waals surface area (Å²) in [6.45, 7) is 7.53. The lowest BCUT2D eigenvalue weighted by atomic mass is 9.84. The Labute approximate surface area is 177 Å². The molecule has 2 saturated heterocycles. The van der Waals surface area contributed by atoms with Gasteiger partial charge < -0.3 is 14.8 Å². The van der Waals surface area contributed by atoms with E-state index in [0.717, 1.165) is 55.6 Å². The van der Waals surface area contributed by atoms with Crippen LogP contribution in [-0.2, 0) is 4.79 Å². The maximum absolute atomic E-state index is 12.9. The number of likely N-dealkylation sites (tertiary alicyclic amines) is 2. The fraction of sp³-hybridized carbons (Fsp3) is 0.565. The van der Waals surface area contributed by atoms with Crippen molar-refractivity contribution >= 4 is 34.3 Å². The van der Waals surface area contributed by atoms with E-state index in [-0.39, 0.29) is 11.8 Å². The van der Waals surface area contributed by atoms with Crippen LogP contribution in [0.5, 0.6) is 0 Å². The van der Waals surface area contributed by atoms with Crippen LogP contribution in [0.1, 0.15) is 50.0 Å². The van der Waals surface area contributed by atoms with E-state index >= 15 is 0 Å². The van der Waals surface area contributed by atoms with Crippen LogP contribution in [0.15, 0.2) is 24.3 Å². The van der Waals surface area contributed by atoms with Gasteiger partial charge in [0.05, 0.1) is 0 Å². The number of piperidine rings is 2. The van der Waals surface area contributed by atoms with Crippen LogP contribution >= 0.6 is 11.6 Å². The van der Waals surface area contributed by atoms with Crippen molar-refractivity contribution in [1.29, 1.82) is 0 Å². The summed E-state index contributed by atoms with van der Waals surface area (Å²) in [6, 6.07) is 7.46. The van der Waals surface area contributed by atoms with Crippen molar-refractivity contribution in [2.24, 2.45) is 17.8 Å². The highest BCUT2D eigenvalue weighted by Crippen LogP contribution is 2.29. The number of carbonyl (C=O) groups is 2. The van der Waals surface area contributed by atoms with Crippen LogP contribution in [0, 0.1) is 17.8 Å². The minimum absolute atomic E-state index is 0.0276. The van der Waals surface area contributed by atoms with Crippen molar-refractivity contribution in [1.82, 2.24) is 14.8 Å². The molecule has 4 rings (SSSR count). The summed E-state index contributed by atoms with van der Waals surface area (Å²) in [5.74, 6) is 1.45. The molecule has 156 valence electrons. The maximum atomic E-state index is 12.9. The Morgan fingerprint density at radius 3 is 2.38 bits per heavy atom. The Bertz CT molecular complexity index is 893. The third kappa shape index (κ3) is 4.30. The Morgan fingerprint density at radius 2 is 1.69 bits per heavy atom. The van der Waals surface area contributed by atoms with Gasteiger partial charge in [0, 0.05) is 48.0 Å². The number of hydrogen-bond donors (Lipinski definition) is 1. The van der Waals surface area contributed by atoms with E-state index < -0.39 is 0 Å². The zero-order chi connectivity index (χ0) is 20.5. The third-order valence-electron chi connectivity index (χ3n) is 6.83. The topological polar surface area (TPSA) is 56.4 Å². The molecule has 6 heteroatoms. The molecule has 0 saturated carbocycles. The van der Waals surface area contributed by atoms with Gasteiger partial charge in [0.1, 0.15) is 5.69 Å². The highest BCUT2D eigenvalue weighted by Gasteiger charge is 2.33. The van der Waals surface area contributed by atoms with Gasteiger partial charge in [0.2, 0.25) is 5.91 Å². The van der Waals surface area contributed by atoms with Gasteiger partial charge in [-0.3, -0.25) is 9.59 Å². The standard InChI is InChI=1S/C23H30ClN3O2/c1-15-5-9-26(10-6-15)22(28)16(2)17-7-11-27(12-8-17)23(29)21-14-18-13-19(24)3-4-20(18)25-21/h3-4,13-17,25H,5-12H2,1-2H3. The van der Waals surface area contributed by atoms with Gasteiger partial charge in [-0.25, -0.2) is 0 Å². The number of aromatic amines is 1. The number of carbonyl (C=O) groups excluding carboxylic acids is 2. The zero-order valence-corrected chi connectivity index (χ0v) is 18.0. The smallest absolute Gasteiger partial charge is 0.270 e. The highest BCUT2D eigenvalue weighted by atomic mass is 35.5. The van der Waals surface area contributed by atoms with Crippen LogP contribution < -0.4 is 0 Å². The van der Waals surface area contributed by atoms with Crippen LogP contribution in [0.25, 0.3) is 10.9 Å². The van der Waals surface area contributed by atoms with Crippen LogP contribution in [0.2, 0.25) is 5.02 Å². The molecule has 1 atom stereocenters. The minimum Gasteiger partial charge on any atom is -0.351 e. The number of halogens is 1. The molecule has 0 bridgehead atoms. The molecule has 1 N–H and O–H groups in total. The normalized spacial score (nSPS) is 20.2. The molecular formula is C23H30ClN3O2. The average Bonchev–Trinajstić information content (AvgIpc) is 3.16. The molecule has 29 heavy (non-hydrogen) atoms. The molecule has 0 radical (unpaired) electrons. The fourth-order valence-corrected chi connectivity index (χ4v) is 4.89. The number of hydrogen-bond acceptors (Lipinski definition) is 2. The summed E-state index contributed by atoms with van der Waals surface area (Å²) < 4.78 is 0. The Morgan fingerprint density at radius 1 is 1.03 bits per heavy atom. The zero-order valence-electron chi connectivity index (χ0n) is 17.3. The number of amides is 2. The first-order valence-corrected chi connectivity index (χ1v) is 11.2. The predicted molar refractivity (Wildman–Crippen MR) is 116 cm³/mol. The van der Waals surface area contributed by atoms with Crippen LogP contribution in [0.3, 0.4) is 0 Å². The number of fused-ring (bicyclic) bond motifs is 1. The van der Waals surface area contributed by atoms with Crippen LogP contribution in [0.4, 0.5) is 0 Å². The van der Waals surface area contributed by atoms with Crippen molar-refractivity contribution in [3.63, 3.8) is 0 Å². The monoisotopic (exact) mass is 415 g/mol. The molecule has 1 aromatic carbocycles. The van der Waals surface area contributed by atoms with Gasteiger partial charge >= 0.3 is 0 Å². The maximum Gasteiger partial charge on any atom is 0.270 e. The lowest BCUT2D eigenvalue weighted by molar-refractivity contribution is -0.138. The lowest BCUT2D eigenvalue weighted by Crippen LogP contribution is -2.45. The Hall–Kier alpha value is -2.01. The first kappa shape index (κ1) is 20.3. The second kappa shape index (κ2) is 8.39. The molecule has 2 aliphatic rings. The van der Waals surface area contributed by atoms with Gasteiger partial charge in [-0.2, -0.15) is 0 Å². The molecule has 3 heterocycles. The van der Waals surface area contributed by atoms with Gasteiger partial charge in [0.15, 0.2) is 0 Å². The van der Waals surface area contributed by atoms with Gasteiger partial charge in [-0.15, -0.1) is 0 Å². The van der Waals surface area contributed by atoms with E-state index in [9.17, 15) is 9.59 Å². The van der Waals surface area contributed by atoms with E-state index in [2.05, 4.69) is 23.7 Å². The van der Waals surface area contributed by atoms with Crippen molar-refractivity contribution in [3.05, 3.63) is 35.0 Å². The lowest BCUT2D eigenvalue weighted by Gasteiger charge is -2.37. The second-order valence-corrected chi connectivity index (χ2v) is 9.28. The van der Waals surface area contributed by atoms with Gasteiger partial charge in [-0.05, 0) is 61.8 Å². The molecule has 0 spiro atoms. The van der Waals surface area contributed by atoms with Crippen molar-refractivity contribution in [3.8, 4) is 0 Å². The number of nitrogens with one attached hydrogen (secondary N) is 1. The van der Waals surface area contributed by atoms with Gasteiger partial charge in [0.25, 0.3) is 5.91 Å². The van der Waals surface area contributed by atoms with E-state index in [1.807, 2.05) is 29.2 Å². The molecule has 2 aromatic rings. The number of H-pyrrole nitrogens is 1. The quantitative estimate of drug-likeness (QED) is 0.798. The Balaban J connectivity index is 1.34. The van der Waals surface area contributed by atoms with E-state index in [1.54, 1.807) is 0 Å². The molecule has 5 nitrogen and oxygen atoms in total. The molecule has 0 aliphatic carbocycles. The summed E-state index contributed by atoms with van der Waals surface area (Å²) in [5.41, 5.74) is 1.52. The Kier molecular flexibility index (Phi) is 5.86. The minimum atomic E-state index is 0.0276. The summed E-state index contributed by atoms with van der Waals surface area (Å²) in [4.78, 5) is 33.0. The average molecular weight is 416 g/mol. The first-order valence-electron chi connectivity index (χ1n) is 10.8. The summed E-state index contributed by atoms with van der Waals surface area (Å²) in [6.07, 6.45) is 3.99. The molecule has 2 amide bonds. The SMILES string of the molecule is CC1CCN(C(=O)C(C)C2CCN(C(=O)c3cc4cc(Cl)ccc4[nH]3)CC2)CC1. The van der Waals surface area contributed by atoms with Gasteiger partial charge in [-0.1, -0.05) is 25.4 Å². The van der Waals surface area contributed by atoms with Crippen molar-refractivity contribution in [2.45, 2.75) is 39.5 Å². The van der Waals surface area contributed by atoms with Crippen molar-refractivity contribution < 1.29 is 9.59 Å². The number of aromatic nitrogens is 1. The predicted octanol–water partition coefficient (Wildman–Crippen LogP) is 4.57.